The molecule has 0 atom stereocenters. The van der Waals surface area contributed by atoms with Crippen LogP contribution in [0.2, 0.25) is 0 Å². The number of ether oxygens (including phenoxy) is 1. The lowest BCUT2D eigenvalue weighted by Gasteiger charge is -2.36. The van der Waals surface area contributed by atoms with Gasteiger partial charge in [0.15, 0.2) is 5.96 Å². The van der Waals surface area contributed by atoms with Gasteiger partial charge in [0.05, 0.1) is 24.3 Å². The van der Waals surface area contributed by atoms with Gasteiger partial charge in [-0.05, 0) is 27.4 Å². The zero-order valence-corrected chi connectivity index (χ0v) is 19.4. The van der Waals surface area contributed by atoms with Crippen LogP contribution >= 0.6 is 51.2 Å². The number of methoxy groups -OCH3 is 1. The smallest absolute Gasteiger partial charge is 0.232 e. The van der Waals surface area contributed by atoms with Gasteiger partial charge in [-0.15, -0.1) is 35.3 Å². The molecule has 0 unspecified atom stereocenters. The van der Waals surface area contributed by atoms with Crippen LogP contribution in [0.15, 0.2) is 33.2 Å². The van der Waals surface area contributed by atoms with Gasteiger partial charge in [0.1, 0.15) is 0 Å². The Morgan fingerprint density at radius 3 is 2.77 bits per heavy atom. The zero-order chi connectivity index (χ0) is 17.6. The van der Waals surface area contributed by atoms with Crippen molar-refractivity contribution in [1.29, 1.82) is 0 Å². The molecule has 7 nitrogen and oxygen atoms in total. The zero-order valence-electron chi connectivity index (χ0n) is 14.7. The summed E-state index contributed by atoms with van der Waals surface area (Å²) in [7, 11) is 3.43. The Morgan fingerprint density at radius 1 is 1.38 bits per heavy atom. The Labute approximate surface area is 183 Å². The molecule has 3 heterocycles. The first-order chi connectivity index (χ1) is 12.2. The van der Waals surface area contributed by atoms with Gasteiger partial charge >= 0.3 is 0 Å². The first kappa shape index (κ1) is 21.2. The molecule has 26 heavy (non-hydrogen) atoms. The third-order valence-corrected chi connectivity index (χ3v) is 5.39. The molecule has 0 amide bonds. The summed E-state index contributed by atoms with van der Waals surface area (Å²) in [6, 6.07) is 4.19. The Hall–Kier alpha value is -1.14. The van der Waals surface area contributed by atoms with Gasteiger partial charge in [0.25, 0.3) is 0 Å². The highest BCUT2D eigenvalue weighted by Crippen LogP contribution is 2.23. The highest BCUT2D eigenvalue weighted by molar-refractivity contribution is 14.0. The van der Waals surface area contributed by atoms with Crippen molar-refractivity contribution in [3.8, 4) is 5.88 Å². The lowest BCUT2D eigenvalue weighted by Crippen LogP contribution is -2.52. The lowest BCUT2D eigenvalue weighted by atomic mass is 10.3. The summed E-state index contributed by atoms with van der Waals surface area (Å²) in [5.74, 6) is 2.18. The van der Waals surface area contributed by atoms with Gasteiger partial charge in [-0.2, -0.15) is 4.98 Å². The van der Waals surface area contributed by atoms with Crippen molar-refractivity contribution in [2.75, 3.05) is 45.2 Å². The second kappa shape index (κ2) is 10.3. The number of nitrogens with zero attached hydrogens (tertiary/aromatic N) is 5. The minimum absolute atomic E-state index is 0. The topological polar surface area (TPSA) is 65.9 Å². The third-order valence-electron chi connectivity index (χ3n) is 3.97. The minimum atomic E-state index is 0. The molecule has 3 rings (SSSR count). The standard InChI is InChI=1S/C16H21BrN6OS.HI/c1-18-15(19-10-12-4-3-9-25-12)22-5-7-23(8-6-22)16-20-11-13(17)14(21-16)24-2;/h3-4,9,11H,5-8,10H2,1-2H3,(H,18,19);1H. The first-order valence-electron chi connectivity index (χ1n) is 8.00. The lowest BCUT2D eigenvalue weighted by molar-refractivity contribution is 0.366. The number of aliphatic imine (C=N–C) groups is 1. The molecule has 2 aromatic rings. The number of aromatic nitrogens is 2. The molecule has 1 aliphatic rings. The fourth-order valence-corrected chi connectivity index (χ4v) is 3.67. The molecule has 0 aliphatic carbocycles. The minimum Gasteiger partial charge on any atom is -0.480 e. The van der Waals surface area contributed by atoms with Gasteiger partial charge in [-0.1, -0.05) is 6.07 Å². The Kier molecular flexibility index (Phi) is 8.35. The molecular formula is C16H22BrIN6OS. The van der Waals surface area contributed by atoms with E-state index in [1.165, 1.54) is 4.88 Å². The number of hydrogen-bond acceptors (Lipinski definition) is 6. The van der Waals surface area contributed by atoms with Gasteiger partial charge in [-0.25, -0.2) is 4.98 Å². The number of anilines is 1. The van der Waals surface area contributed by atoms with Crippen LogP contribution in [0.3, 0.4) is 0 Å². The average Bonchev–Trinajstić information content (AvgIpc) is 3.17. The molecule has 142 valence electrons. The summed E-state index contributed by atoms with van der Waals surface area (Å²) < 4.78 is 6.02. The molecule has 0 saturated carbocycles. The predicted octanol–water partition coefficient (Wildman–Crippen LogP) is 2.82. The van der Waals surface area contributed by atoms with E-state index in [4.69, 9.17) is 4.74 Å². The Balaban J connectivity index is 0.00000243. The second-order valence-electron chi connectivity index (χ2n) is 5.48. The summed E-state index contributed by atoms with van der Waals surface area (Å²) in [5, 5.41) is 5.52. The molecule has 10 heteroatoms. The highest BCUT2D eigenvalue weighted by Gasteiger charge is 2.22. The molecule has 1 fully saturated rings. The van der Waals surface area contributed by atoms with E-state index in [0.717, 1.165) is 43.2 Å². The molecular weight excluding hydrogens is 531 g/mol. The molecule has 0 spiro atoms. The van der Waals surface area contributed by atoms with Crippen LogP contribution in [0.4, 0.5) is 5.95 Å². The maximum absolute atomic E-state index is 5.26. The van der Waals surface area contributed by atoms with Crippen molar-refractivity contribution in [2.45, 2.75) is 6.54 Å². The maximum atomic E-state index is 5.26. The van der Waals surface area contributed by atoms with Gasteiger partial charge in [0, 0.05) is 38.1 Å². The van der Waals surface area contributed by atoms with E-state index in [1.54, 1.807) is 24.6 Å². The Morgan fingerprint density at radius 2 is 2.15 bits per heavy atom. The predicted molar refractivity (Wildman–Crippen MR) is 120 cm³/mol. The Bertz CT molecular complexity index is 722. The number of hydrogen-bond donors (Lipinski definition) is 1. The van der Waals surface area contributed by atoms with Gasteiger partial charge in [0.2, 0.25) is 11.8 Å². The van der Waals surface area contributed by atoms with Crippen molar-refractivity contribution in [2.24, 2.45) is 4.99 Å². The van der Waals surface area contributed by atoms with Crippen LogP contribution in [-0.2, 0) is 6.54 Å². The summed E-state index contributed by atoms with van der Waals surface area (Å²) in [5.41, 5.74) is 0. The van der Waals surface area contributed by atoms with Crippen LogP contribution in [0.1, 0.15) is 4.88 Å². The third kappa shape index (κ3) is 5.19. The van der Waals surface area contributed by atoms with E-state index in [9.17, 15) is 0 Å². The quantitative estimate of drug-likeness (QED) is 0.357. The molecule has 0 aromatic carbocycles. The fraction of sp³-hybridized carbons (Fsp3) is 0.438. The number of piperazine rings is 1. The molecule has 1 saturated heterocycles. The summed E-state index contributed by atoms with van der Waals surface area (Å²) >= 11 is 5.13. The molecule has 2 aromatic heterocycles. The maximum Gasteiger partial charge on any atom is 0.232 e. The monoisotopic (exact) mass is 552 g/mol. The second-order valence-corrected chi connectivity index (χ2v) is 7.37. The number of thiophene rings is 1. The summed E-state index contributed by atoms with van der Waals surface area (Å²) in [6.45, 7) is 4.21. The van der Waals surface area contributed by atoms with E-state index in [1.807, 2.05) is 7.05 Å². The van der Waals surface area contributed by atoms with Crippen LogP contribution in [-0.4, -0.2) is 61.2 Å². The van der Waals surface area contributed by atoms with Gasteiger partial charge < -0.3 is 19.9 Å². The average molecular weight is 553 g/mol. The van der Waals surface area contributed by atoms with E-state index in [-0.39, 0.29) is 24.0 Å². The van der Waals surface area contributed by atoms with E-state index in [2.05, 4.69) is 63.5 Å². The molecule has 0 bridgehead atoms. The summed E-state index contributed by atoms with van der Waals surface area (Å²) in [4.78, 5) is 19.0. The van der Waals surface area contributed by atoms with Crippen molar-refractivity contribution in [1.82, 2.24) is 20.2 Å². The number of rotatable bonds is 4. The number of guanidine groups is 1. The normalized spacial score (nSPS) is 14.8. The van der Waals surface area contributed by atoms with Crippen molar-refractivity contribution in [3.63, 3.8) is 0 Å². The molecule has 0 radical (unpaired) electrons. The molecule has 1 N–H and O–H groups in total. The summed E-state index contributed by atoms with van der Waals surface area (Å²) in [6.07, 6.45) is 1.73. The van der Waals surface area contributed by atoms with Crippen LogP contribution in [0.5, 0.6) is 5.88 Å². The van der Waals surface area contributed by atoms with E-state index < -0.39 is 0 Å². The largest absolute Gasteiger partial charge is 0.480 e. The number of halogens is 2. The SMILES string of the molecule is CN=C(NCc1cccs1)N1CCN(c2ncc(Br)c(OC)n2)CC1.I. The van der Waals surface area contributed by atoms with Crippen LogP contribution in [0, 0.1) is 0 Å². The first-order valence-corrected chi connectivity index (χ1v) is 9.68. The highest BCUT2D eigenvalue weighted by atomic mass is 127. The van der Waals surface area contributed by atoms with Crippen molar-refractivity contribution < 1.29 is 4.74 Å². The van der Waals surface area contributed by atoms with Crippen molar-refractivity contribution >= 4 is 63.2 Å². The van der Waals surface area contributed by atoms with E-state index in [0.29, 0.717) is 11.8 Å². The number of nitrogens with one attached hydrogen (secondary N) is 1. The van der Waals surface area contributed by atoms with Gasteiger partial charge in [-0.3, -0.25) is 4.99 Å². The van der Waals surface area contributed by atoms with Crippen LogP contribution in [0.25, 0.3) is 0 Å². The van der Waals surface area contributed by atoms with Crippen LogP contribution < -0.4 is 15.0 Å². The van der Waals surface area contributed by atoms with Crippen molar-refractivity contribution in [3.05, 3.63) is 33.1 Å². The molecule has 1 aliphatic heterocycles. The van der Waals surface area contributed by atoms with E-state index >= 15 is 0 Å². The fourth-order valence-electron chi connectivity index (χ4n) is 2.67.